The summed E-state index contributed by atoms with van der Waals surface area (Å²) < 4.78 is 0. The molecule has 2 N–H and O–H groups in total. The highest BCUT2D eigenvalue weighted by Crippen LogP contribution is 2.19. The third-order valence-corrected chi connectivity index (χ3v) is 3.95. The lowest BCUT2D eigenvalue weighted by Gasteiger charge is -2.32. The monoisotopic (exact) mass is 329 g/mol. The number of benzene rings is 1. The van der Waals surface area contributed by atoms with E-state index in [1.165, 1.54) is 6.92 Å². The zero-order chi connectivity index (χ0) is 17.5. The Morgan fingerprint density at radius 2 is 2.00 bits per heavy atom. The summed E-state index contributed by atoms with van der Waals surface area (Å²) in [6.07, 6.45) is 3.23. The van der Waals surface area contributed by atoms with Crippen LogP contribution >= 0.6 is 0 Å². The Hall–Kier alpha value is -2.63. The molecular weight excluding hydrogens is 306 g/mol. The number of nitrogens with zero attached hydrogens (tertiary/aromatic N) is 1. The van der Waals surface area contributed by atoms with Crippen molar-refractivity contribution in [1.82, 2.24) is 10.2 Å². The van der Waals surface area contributed by atoms with E-state index in [-0.39, 0.29) is 23.6 Å². The molecule has 0 unspecified atom stereocenters. The zero-order valence-electron chi connectivity index (χ0n) is 13.9. The fourth-order valence-electron chi connectivity index (χ4n) is 2.77. The number of rotatable bonds is 5. The molecule has 1 aromatic rings. The fraction of sp³-hybridized carbons (Fsp3) is 0.389. The first-order valence-corrected chi connectivity index (χ1v) is 8.07. The Balaban J connectivity index is 1.99. The molecule has 1 aliphatic rings. The van der Waals surface area contributed by atoms with E-state index < -0.39 is 0 Å². The van der Waals surface area contributed by atoms with E-state index in [0.717, 1.165) is 12.8 Å². The molecule has 0 spiro atoms. The third-order valence-electron chi connectivity index (χ3n) is 3.95. The summed E-state index contributed by atoms with van der Waals surface area (Å²) >= 11 is 0. The predicted molar refractivity (Wildman–Crippen MR) is 92.6 cm³/mol. The number of piperidine rings is 1. The van der Waals surface area contributed by atoms with Gasteiger partial charge in [0.25, 0.3) is 5.91 Å². The summed E-state index contributed by atoms with van der Waals surface area (Å²) in [7, 11) is 0. The molecule has 1 fully saturated rings. The molecule has 0 radical (unpaired) electrons. The predicted octanol–water partition coefficient (Wildman–Crippen LogP) is 1.80. The van der Waals surface area contributed by atoms with Gasteiger partial charge in [0.15, 0.2) is 0 Å². The second kappa shape index (κ2) is 8.29. The number of hydrogen-bond acceptors (Lipinski definition) is 3. The van der Waals surface area contributed by atoms with Gasteiger partial charge in [-0.15, -0.1) is 6.58 Å². The minimum Gasteiger partial charge on any atom is -0.352 e. The van der Waals surface area contributed by atoms with Crippen LogP contribution in [-0.2, 0) is 9.59 Å². The Labute approximate surface area is 141 Å². The molecule has 0 aliphatic carbocycles. The number of amides is 3. The molecular formula is C18H23N3O3. The summed E-state index contributed by atoms with van der Waals surface area (Å²) in [5, 5.41) is 5.46. The van der Waals surface area contributed by atoms with Crippen molar-refractivity contribution in [3.8, 4) is 0 Å². The van der Waals surface area contributed by atoms with Gasteiger partial charge in [-0.3, -0.25) is 14.4 Å². The smallest absolute Gasteiger partial charge is 0.253 e. The number of nitrogens with one attached hydrogen (secondary N) is 2. The molecule has 128 valence electrons. The fourth-order valence-corrected chi connectivity index (χ4v) is 2.77. The van der Waals surface area contributed by atoms with Gasteiger partial charge in [-0.05, 0) is 37.1 Å². The van der Waals surface area contributed by atoms with Gasteiger partial charge in [0.05, 0.1) is 5.92 Å². The second-order valence-electron chi connectivity index (χ2n) is 5.88. The SMILES string of the molecule is C=CCNC(=O)[C@H]1CCCN(C(=O)c2ccc(NC(C)=O)cc2)C1. The molecule has 1 aromatic carbocycles. The zero-order valence-corrected chi connectivity index (χ0v) is 13.9. The van der Waals surface area contributed by atoms with Crippen LogP contribution in [0.5, 0.6) is 0 Å². The van der Waals surface area contributed by atoms with Crippen molar-refractivity contribution in [2.75, 3.05) is 25.0 Å². The second-order valence-corrected chi connectivity index (χ2v) is 5.88. The molecule has 24 heavy (non-hydrogen) atoms. The maximum atomic E-state index is 12.6. The first-order chi connectivity index (χ1) is 11.5. The molecule has 1 heterocycles. The Morgan fingerprint density at radius 3 is 2.62 bits per heavy atom. The Bertz CT molecular complexity index is 625. The Morgan fingerprint density at radius 1 is 1.29 bits per heavy atom. The number of anilines is 1. The molecule has 2 rings (SSSR count). The van der Waals surface area contributed by atoms with Crippen LogP contribution in [0.3, 0.4) is 0 Å². The van der Waals surface area contributed by atoms with Gasteiger partial charge >= 0.3 is 0 Å². The van der Waals surface area contributed by atoms with Gasteiger partial charge in [0, 0.05) is 37.8 Å². The van der Waals surface area contributed by atoms with E-state index in [9.17, 15) is 14.4 Å². The van der Waals surface area contributed by atoms with Crippen LogP contribution in [-0.4, -0.2) is 42.3 Å². The lowest BCUT2D eigenvalue weighted by Crippen LogP contribution is -2.45. The van der Waals surface area contributed by atoms with Crippen molar-refractivity contribution in [3.05, 3.63) is 42.5 Å². The minimum absolute atomic E-state index is 0.0339. The van der Waals surface area contributed by atoms with E-state index in [4.69, 9.17) is 0 Å². The number of likely N-dealkylation sites (tertiary alicyclic amines) is 1. The first kappa shape index (κ1) is 17.7. The van der Waals surface area contributed by atoms with E-state index in [0.29, 0.717) is 30.9 Å². The molecule has 0 saturated carbocycles. The van der Waals surface area contributed by atoms with Gasteiger partial charge in [-0.1, -0.05) is 6.08 Å². The summed E-state index contributed by atoms with van der Waals surface area (Å²) in [6.45, 7) is 6.53. The molecule has 6 nitrogen and oxygen atoms in total. The first-order valence-electron chi connectivity index (χ1n) is 8.07. The van der Waals surface area contributed by atoms with Crippen molar-refractivity contribution >= 4 is 23.4 Å². The average Bonchev–Trinajstić information content (AvgIpc) is 2.59. The molecule has 1 aliphatic heterocycles. The van der Waals surface area contributed by atoms with Gasteiger partial charge < -0.3 is 15.5 Å². The van der Waals surface area contributed by atoms with Crippen LogP contribution < -0.4 is 10.6 Å². The largest absolute Gasteiger partial charge is 0.352 e. The normalized spacial score (nSPS) is 17.0. The number of carbonyl (C=O) groups excluding carboxylic acids is 3. The topological polar surface area (TPSA) is 78.5 Å². The van der Waals surface area contributed by atoms with Gasteiger partial charge in [-0.2, -0.15) is 0 Å². The molecule has 3 amide bonds. The van der Waals surface area contributed by atoms with Crippen molar-refractivity contribution in [2.24, 2.45) is 5.92 Å². The van der Waals surface area contributed by atoms with Crippen molar-refractivity contribution < 1.29 is 14.4 Å². The maximum absolute atomic E-state index is 12.6. The van der Waals surface area contributed by atoms with Gasteiger partial charge in [0.2, 0.25) is 11.8 Å². The summed E-state index contributed by atoms with van der Waals surface area (Å²) in [5.74, 6) is -0.459. The highest BCUT2D eigenvalue weighted by Gasteiger charge is 2.28. The average molecular weight is 329 g/mol. The van der Waals surface area contributed by atoms with Crippen LogP contribution in [0.4, 0.5) is 5.69 Å². The molecule has 0 bridgehead atoms. The highest BCUT2D eigenvalue weighted by molar-refractivity contribution is 5.96. The van der Waals surface area contributed by atoms with Crippen LogP contribution in [0, 0.1) is 5.92 Å². The summed E-state index contributed by atoms with van der Waals surface area (Å²) in [4.78, 5) is 37.4. The minimum atomic E-state index is -0.179. The van der Waals surface area contributed by atoms with E-state index in [1.807, 2.05) is 0 Å². The standard InChI is InChI=1S/C18H23N3O3/c1-3-10-19-17(23)15-5-4-11-21(12-15)18(24)14-6-8-16(9-7-14)20-13(2)22/h3,6-9,15H,1,4-5,10-12H2,2H3,(H,19,23)(H,20,22)/t15-/m0/s1. The van der Waals surface area contributed by atoms with Gasteiger partial charge in [0.1, 0.15) is 0 Å². The molecule has 0 aromatic heterocycles. The van der Waals surface area contributed by atoms with E-state index >= 15 is 0 Å². The molecule has 1 atom stereocenters. The maximum Gasteiger partial charge on any atom is 0.253 e. The summed E-state index contributed by atoms with van der Waals surface area (Å²) in [6, 6.07) is 6.78. The number of carbonyl (C=O) groups is 3. The lowest BCUT2D eigenvalue weighted by atomic mass is 9.96. The van der Waals surface area contributed by atoms with E-state index in [1.54, 1.807) is 35.2 Å². The van der Waals surface area contributed by atoms with Crippen LogP contribution in [0.25, 0.3) is 0 Å². The number of hydrogen-bond donors (Lipinski definition) is 2. The lowest BCUT2D eigenvalue weighted by molar-refractivity contribution is -0.126. The summed E-state index contributed by atoms with van der Waals surface area (Å²) in [5.41, 5.74) is 1.20. The van der Waals surface area contributed by atoms with Gasteiger partial charge in [-0.25, -0.2) is 0 Å². The molecule has 6 heteroatoms. The van der Waals surface area contributed by atoms with Crippen LogP contribution in [0.1, 0.15) is 30.1 Å². The third kappa shape index (κ3) is 4.68. The molecule has 1 saturated heterocycles. The van der Waals surface area contributed by atoms with Crippen molar-refractivity contribution in [2.45, 2.75) is 19.8 Å². The Kier molecular flexibility index (Phi) is 6.12. The van der Waals surface area contributed by atoms with E-state index in [2.05, 4.69) is 17.2 Å². The quantitative estimate of drug-likeness (QED) is 0.809. The van der Waals surface area contributed by atoms with Crippen LogP contribution in [0.15, 0.2) is 36.9 Å². The van der Waals surface area contributed by atoms with Crippen LogP contribution in [0.2, 0.25) is 0 Å². The van der Waals surface area contributed by atoms with Crippen molar-refractivity contribution in [3.63, 3.8) is 0 Å². The highest BCUT2D eigenvalue weighted by atomic mass is 16.2. The van der Waals surface area contributed by atoms with Crippen molar-refractivity contribution in [1.29, 1.82) is 0 Å².